The molecular weight excluding hydrogens is 368 g/mol. The van der Waals surface area contributed by atoms with Crippen molar-refractivity contribution in [3.05, 3.63) is 53.6 Å². The SMILES string of the molecule is COc1ccc(C)cc1/C=C/C(=O)Nc1ccc(NS(C)(=O)=O)c(OC)c1. The summed E-state index contributed by atoms with van der Waals surface area (Å²) in [6.45, 7) is 1.95. The molecule has 0 saturated carbocycles. The molecule has 8 heteroatoms. The van der Waals surface area contributed by atoms with Crippen LogP contribution in [0, 0.1) is 6.92 Å². The first-order chi connectivity index (χ1) is 12.7. The monoisotopic (exact) mass is 390 g/mol. The lowest BCUT2D eigenvalue weighted by atomic mass is 10.1. The third-order valence-electron chi connectivity index (χ3n) is 3.56. The van der Waals surface area contributed by atoms with Crippen molar-refractivity contribution in [1.29, 1.82) is 0 Å². The number of carbonyl (C=O) groups is 1. The first-order valence-electron chi connectivity index (χ1n) is 8.01. The quantitative estimate of drug-likeness (QED) is 0.709. The van der Waals surface area contributed by atoms with Gasteiger partial charge >= 0.3 is 0 Å². The van der Waals surface area contributed by atoms with Gasteiger partial charge in [-0.2, -0.15) is 0 Å². The van der Waals surface area contributed by atoms with Gasteiger partial charge in [-0.3, -0.25) is 9.52 Å². The number of rotatable bonds is 7. The van der Waals surface area contributed by atoms with Gasteiger partial charge in [0.05, 0.1) is 26.2 Å². The molecule has 27 heavy (non-hydrogen) atoms. The Balaban J connectivity index is 2.15. The van der Waals surface area contributed by atoms with Crippen LogP contribution >= 0.6 is 0 Å². The number of anilines is 2. The zero-order valence-corrected chi connectivity index (χ0v) is 16.4. The molecule has 0 saturated heterocycles. The van der Waals surface area contributed by atoms with Gasteiger partial charge in [-0.15, -0.1) is 0 Å². The highest BCUT2D eigenvalue weighted by atomic mass is 32.2. The highest BCUT2D eigenvalue weighted by molar-refractivity contribution is 7.92. The van der Waals surface area contributed by atoms with E-state index in [1.54, 1.807) is 19.3 Å². The predicted octanol–water partition coefficient (Wildman–Crippen LogP) is 3.04. The van der Waals surface area contributed by atoms with Crippen molar-refractivity contribution >= 4 is 33.4 Å². The van der Waals surface area contributed by atoms with Crippen molar-refractivity contribution in [3.63, 3.8) is 0 Å². The molecular formula is C19H22N2O5S. The van der Waals surface area contributed by atoms with Crippen LogP contribution in [-0.4, -0.2) is 34.8 Å². The van der Waals surface area contributed by atoms with Gasteiger partial charge in [-0.25, -0.2) is 8.42 Å². The molecule has 0 atom stereocenters. The molecule has 0 aromatic heterocycles. The molecule has 0 heterocycles. The summed E-state index contributed by atoms with van der Waals surface area (Å²) in [4.78, 5) is 12.2. The first-order valence-corrected chi connectivity index (χ1v) is 9.90. The van der Waals surface area contributed by atoms with Gasteiger partial charge in [-0.1, -0.05) is 11.6 Å². The second kappa shape index (κ2) is 8.59. The number of aryl methyl sites for hydroxylation is 1. The summed E-state index contributed by atoms with van der Waals surface area (Å²) < 4.78 is 35.5. The Morgan fingerprint density at radius 1 is 1.04 bits per heavy atom. The van der Waals surface area contributed by atoms with E-state index in [2.05, 4.69) is 10.0 Å². The summed E-state index contributed by atoms with van der Waals surface area (Å²) >= 11 is 0. The Hall–Kier alpha value is -3.00. The second-order valence-electron chi connectivity index (χ2n) is 5.86. The van der Waals surface area contributed by atoms with E-state index in [9.17, 15) is 13.2 Å². The van der Waals surface area contributed by atoms with Crippen molar-refractivity contribution in [1.82, 2.24) is 0 Å². The normalized spacial score (nSPS) is 11.3. The summed E-state index contributed by atoms with van der Waals surface area (Å²) in [5.74, 6) is 0.620. The molecule has 144 valence electrons. The topological polar surface area (TPSA) is 93.7 Å². The fraction of sp³-hybridized carbons (Fsp3) is 0.211. The number of hydrogen-bond acceptors (Lipinski definition) is 5. The molecule has 2 aromatic carbocycles. The maximum atomic E-state index is 12.2. The van der Waals surface area contributed by atoms with Crippen LogP contribution in [0.4, 0.5) is 11.4 Å². The van der Waals surface area contributed by atoms with Crippen LogP contribution in [0.15, 0.2) is 42.5 Å². The number of hydrogen-bond donors (Lipinski definition) is 2. The summed E-state index contributed by atoms with van der Waals surface area (Å²) in [7, 11) is -0.451. The minimum atomic E-state index is -3.44. The minimum absolute atomic E-state index is 0.290. The average molecular weight is 390 g/mol. The Morgan fingerprint density at radius 2 is 1.74 bits per heavy atom. The number of benzene rings is 2. The summed E-state index contributed by atoms with van der Waals surface area (Å²) in [5, 5.41) is 2.71. The number of ether oxygens (including phenoxy) is 2. The van der Waals surface area contributed by atoms with Crippen LogP contribution in [0.3, 0.4) is 0 Å². The Bertz CT molecular complexity index is 968. The highest BCUT2D eigenvalue weighted by Crippen LogP contribution is 2.28. The fourth-order valence-electron chi connectivity index (χ4n) is 2.39. The molecule has 0 spiro atoms. The van der Waals surface area contributed by atoms with Gasteiger partial charge in [0.2, 0.25) is 15.9 Å². The van der Waals surface area contributed by atoms with Gasteiger partial charge in [0, 0.05) is 23.4 Å². The molecule has 0 radical (unpaired) electrons. The van der Waals surface area contributed by atoms with Crippen molar-refractivity contribution in [2.24, 2.45) is 0 Å². The maximum absolute atomic E-state index is 12.2. The van der Waals surface area contributed by atoms with Crippen LogP contribution in [0.5, 0.6) is 11.5 Å². The summed E-state index contributed by atoms with van der Waals surface area (Å²) in [6, 6.07) is 10.3. The molecule has 2 N–H and O–H groups in total. The fourth-order valence-corrected chi connectivity index (χ4v) is 2.95. The number of amides is 1. The van der Waals surface area contributed by atoms with Crippen LogP contribution < -0.4 is 19.5 Å². The van der Waals surface area contributed by atoms with E-state index in [1.807, 2.05) is 25.1 Å². The van der Waals surface area contributed by atoms with E-state index in [-0.39, 0.29) is 11.6 Å². The Kier molecular flexibility index (Phi) is 6.46. The maximum Gasteiger partial charge on any atom is 0.248 e. The molecule has 0 unspecified atom stereocenters. The van der Waals surface area contributed by atoms with Gasteiger partial charge in [0.15, 0.2) is 0 Å². The predicted molar refractivity (Wildman–Crippen MR) is 107 cm³/mol. The van der Waals surface area contributed by atoms with E-state index in [1.165, 1.54) is 25.3 Å². The number of nitrogens with one attached hydrogen (secondary N) is 2. The van der Waals surface area contributed by atoms with Crippen molar-refractivity contribution < 1.29 is 22.7 Å². The molecule has 0 aliphatic heterocycles. The van der Waals surface area contributed by atoms with Crippen molar-refractivity contribution in [2.45, 2.75) is 6.92 Å². The second-order valence-corrected chi connectivity index (χ2v) is 7.61. The molecule has 0 aliphatic carbocycles. The molecule has 1 amide bonds. The standard InChI is InChI=1S/C19H22N2O5S/c1-13-5-9-17(25-2)14(11-13)6-10-19(22)20-15-7-8-16(18(12-15)26-3)21-27(4,23)24/h5-12,21H,1-4H3,(H,20,22)/b10-6+. The van der Waals surface area contributed by atoms with E-state index in [4.69, 9.17) is 9.47 Å². The molecule has 2 rings (SSSR count). The van der Waals surface area contributed by atoms with Crippen LogP contribution in [0.25, 0.3) is 6.08 Å². The molecule has 2 aromatic rings. The van der Waals surface area contributed by atoms with E-state index in [0.29, 0.717) is 17.2 Å². The third kappa shape index (κ3) is 6.03. The van der Waals surface area contributed by atoms with E-state index >= 15 is 0 Å². The van der Waals surface area contributed by atoms with Crippen LogP contribution in [0.1, 0.15) is 11.1 Å². The molecule has 7 nitrogen and oxygen atoms in total. The molecule has 0 aliphatic rings. The van der Waals surface area contributed by atoms with E-state index in [0.717, 1.165) is 17.4 Å². The smallest absolute Gasteiger partial charge is 0.248 e. The zero-order chi connectivity index (χ0) is 20.0. The molecule has 0 fully saturated rings. The van der Waals surface area contributed by atoms with Crippen molar-refractivity contribution in [3.8, 4) is 11.5 Å². The van der Waals surface area contributed by atoms with Gasteiger partial charge in [0.25, 0.3) is 0 Å². The van der Waals surface area contributed by atoms with Crippen LogP contribution in [0.2, 0.25) is 0 Å². The Morgan fingerprint density at radius 3 is 2.37 bits per heavy atom. The summed E-state index contributed by atoms with van der Waals surface area (Å²) in [5.41, 5.74) is 2.60. The van der Waals surface area contributed by atoms with Crippen molar-refractivity contribution in [2.75, 3.05) is 30.5 Å². The highest BCUT2D eigenvalue weighted by Gasteiger charge is 2.10. The Labute approximate surface area is 159 Å². The number of methoxy groups -OCH3 is 2. The lowest BCUT2D eigenvalue weighted by Gasteiger charge is -2.11. The van der Waals surface area contributed by atoms with Gasteiger partial charge in [0.1, 0.15) is 11.5 Å². The number of sulfonamides is 1. The lowest BCUT2D eigenvalue weighted by molar-refractivity contribution is -0.111. The van der Waals surface area contributed by atoms with E-state index < -0.39 is 10.0 Å². The first kappa shape index (κ1) is 20.3. The number of carbonyl (C=O) groups excluding carboxylic acids is 1. The minimum Gasteiger partial charge on any atom is -0.496 e. The third-order valence-corrected chi connectivity index (χ3v) is 4.15. The van der Waals surface area contributed by atoms with Gasteiger partial charge in [-0.05, 0) is 37.3 Å². The molecule has 0 bridgehead atoms. The average Bonchev–Trinajstić information content (AvgIpc) is 2.60. The zero-order valence-electron chi connectivity index (χ0n) is 15.6. The summed E-state index contributed by atoms with van der Waals surface area (Å²) in [6.07, 6.45) is 4.11. The largest absolute Gasteiger partial charge is 0.496 e. The van der Waals surface area contributed by atoms with Gasteiger partial charge < -0.3 is 14.8 Å². The lowest BCUT2D eigenvalue weighted by Crippen LogP contribution is -2.11. The van der Waals surface area contributed by atoms with Crippen LogP contribution in [-0.2, 0) is 14.8 Å².